The molecule has 0 atom stereocenters. The second-order valence-corrected chi connectivity index (χ2v) is 6.18. The van der Waals surface area contributed by atoms with E-state index in [1.54, 1.807) is 18.2 Å². The van der Waals surface area contributed by atoms with Crippen molar-refractivity contribution in [1.82, 2.24) is 0 Å². The molecule has 1 aromatic carbocycles. The number of nitrogens with zero attached hydrogens (tertiary/aromatic N) is 1. The van der Waals surface area contributed by atoms with Gasteiger partial charge in [0, 0.05) is 4.47 Å². The number of hydrogen-bond acceptors (Lipinski definition) is 3. The number of amides is 1. The van der Waals surface area contributed by atoms with E-state index in [1.165, 1.54) is 0 Å². The average Bonchev–Trinajstić information content (AvgIpc) is 2.92. The van der Waals surface area contributed by atoms with Crippen LogP contribution in [0.1, 0.15) is 25.7 Å². The van der Waals surface area contributed by atoms with Crippen molar-refractivity contribution in [2.75, 3.05) is 5.32 Å². The molecule has 1 aliphatic rings. The topological polar surface area (TPSA) is 87.7 Å². The number of halogens is 2. The zero-order chi connectivity index (χ0) is 14.8. The molecule has 0 bridgehead atoms. The van der Waals surface area contributed by atoms with Gasteiger partial charge in [0.2, 0.25) is 5.91 Å². The molecule has 0 aliphatic heterocycles. The van der Waals surface area contributed by atoms with Crippen molar-refractivity contribution >= 4 is 45.0 Å². The second kappa shape index (κ2) is 6.01. The van der Waals surface area contributed by atoms with E-state index >= 15 is 0 Å². The smallest absolute Gasteiger partial charge is 0.238 e. The molecule has 0 aromatic heterocycles. The van der Waals surface area contributed by atoms with Crippen molar-refractivity contribution in [3.8, 4) is 0 Å². The number of carbonyl (C=O) groups excluding carboxylic acids is 1. The van der Waals surface area contributed by atoms with E-state index < -0.39 is 5.41 Å². The van der Waals surface area contributed by atoms with Crippen molar-refractivity contribution in [1.29, 1.82) is 0 Å². The highest BCUT2D eigenvalue weighted by Crippen LogP contribution is 2.40. The lowest BCUT2D eigenvalue weighted by Crippen LogP contribution is -2.45. The van der Waals surface area contributed by atoms with Gasteiger partial charge in [-0.15, -0.1) is 0 Å². The van der Waals surface area contributed by atoms with Gasteiger partial charge in [-0.2, -0.15) is 0 Å². The Morgan fingerprint density at radius 3 is 2.70 bits per heavy atom. The Morgan fingerprint density at radius 2 is 2.10 bits per heavy atom. The van der Waals surface area contributed by atoms with Gasteiger partial charge in [0.15, 0.2) is 5.84 Å². The van der Waals surface area contributed by atoms with Crippen LogP contribution in [0.5, 0.6) is 0 Å². The predicted molar refractivity (Wildman–Crippen MR) is 82.1 cm³/mol. The largest absolute Gasteiger partial charge is 0.409 e. The van der Waals surface area contributed by atoms with Gasteiger partial charge < -0.3 is 16.3 Å². The summed E-state index contributed by atoms with van der Waals surface area (Å²) in [5.74, 6) is -0.330. The van der Waals surface area contributed by atoms with Gasteiger partial charge >= 0.3 is 0 Å². The number of rotatable bonds is 3. The van der Waals surface area contributed by atoms with Crippen LogP contribution in [0.3, 0.4) is 0 Å². The van der Waals surface area contributed by atoms with Gasteiger partial charge in [-0.1, -0.05) is 45.5 Å². The molecule has 4 N–H and O–H groups in total. The normalized spacial score (nSPS) is 18.0. The van der Waals surface area contributed by atoms with Crippen molar-refractivity contribution in [2.24, 2.45) is 16.3 Å². The first-order valence-corrected chi connectivity index (χ1v) is 7.41. The molecule has 1 amide bonds. The van der Waals surface area contributed by atoms with Crippen LogP contribution in [0.4, 0.5) is 5.69 Å². The van der Waals surface area contributed by atoms with Gasteiger partial charge in [-0.3, -0.25) is 4.79 Å². The quantitative estimate of drug-likeness (QED) is 0.334. The molecule has 1 saturated carbocycles. The third-order valence-electron chi connectivity index (χ3n) is 3.67. The fourth-order valence-electron chi connectivity index (χ4n) is 2.51. The summed E-state index contributed by atoms with van der Waals surface area (Å²) in [5.41, 5.74) is 5.29. The van der Waals surface area contributed by atoms with Crippen LogP contribution in [0.25, 0.3) is 0 Å². The number of nitrogens with one attached hydrogen (secondary N) is 1. The standard InChI is InChI=1S/C13H15BrClN3O2/c14-8-3-4-9(15)10(7-8)17-12(19)13(11(16)18-20)5-1-2-6-13/h3-4,7,20H,1-2,5-6H2,(H2,16,18)(H,17,19). The van der Waals surface area contributed by atoms with E-state index in [0.29, 0.717) is 23.6 Å². The summed E-state index contributed by atoms with van der Waals surface area (Å²) in [4.78, 5) is 12.5. The summed E-state index contributed by atoms with van der Waals surface area (Å²) in [7, 11) is 0. The zero-order valence-corrected chi connectivity index (χ0v) is 13.0. The fraction of sp³-hybridized carbons (Fsp3) is 0.385. The monoisotopic (exact) mass is 359 g/mol. The van der Waals surface area contributed by atoms with Gasteiger partial charge in [-0.05, 0) is 31.0 Å². The zero-order valence-electron chi connectivity index (χ0n) is 10.7. The average molecular weight is 361 g/mol. The third-order valence-corrected chi connectivity index (χ3v) is 4.49. The second-order valence-electron chi connectivity index (χ2n) is 4.85. The maximum atomic E-state index is 12.5. The SMILES string of the molecule is NC(=NO)C1(C(=O)Nc2cc(Br)ccc2Cl)CCCC1. The van der Waals surface area contributed by atoms with Gasteiger partial charge in [0.05, 0.1) is 10.7 Å². The Balaban J connectivity index is 2.28. The van der Waals surface area contributed by atoms with Crippen LogP contribution in [0.2, 0.25) is 5.02 Å². The minimum absolute atomic E-state index is 0.0429. The number of amidine groups is 1. The molecule has 20 heavy (non-hydrogen) atoms. The Bertz CT molecular complexity index is 557. The number of nitrogens with two attached hydrogens (primary N) is 1. The molecule has 7 heteroatoms. The van der Waals surface area contributed by atoms with Crippen LogP contribution in [-0.4, -0.2) is 17.0 Å². The highest BCUT2D eigenvalue weighted by Gasteiger charge is 2.45. The lowest BCUT2D eigenvalue weighted by Gasteiger charge is -2.26. The van der Waals surface area contributed by atoms with Crippen LogP contribution in [0, 0.1) is 5.41 Å². The summed E-state index contributed by atoms with van der Waals surface area (Å²) < 4.78 is 0.807. The summed E-state index contributed by atoms with van der Waals surface area (Å²) in [6, 6.07) is 5.19. The molecule has 0 heterocycles. The van der Waals surface area contributed by atoms with E-state index in [4.69, 9.17) is 22.5 Å². The summed E-state index contributed by atoms with van der Waals surface area (Å²) >= 11 is 9.39. The molecule has 0 unspecified atom stereocenters. The number of carbonyl (C=O) groups is 1. The van der Waals surface area contributed by atoms with Gasteiger partial charge in [0.1, 0.15) is 5.41 Å². The maximum absolute atomic E-state index is 12.5. The van der Waals surface area contributed by atoms with E-state index in [0.717, 1.165) is 17.3 Å². The molecule has 0 spiro atoms. The highest BCUT2D eigenvalue weighted by molar-refractivity contribution is 9.10. The van der Waals surface area contributed by atoms with E-state index in [1.807, 2.05) is 0 Å². The van der Waals surface area contributed by atoms with Crippen molar-refractivity contribution in [2.45, 2.75) is 25.7 Å². The molecule has 5 nitrogen and oxygen atoms in total. The number of oxime groups is 1. The van der Waals surface area contributed by atoms with Crippen LogP contribution in [-0.2, 0) is 4.79 Å². The van der Waals surface area contributed by atoms with Crippen LogP contribution < -0.4 is 11.1 Å². The Hall–Kier alpha value is -1.27. The minimum atomic E-state index is -0.944. The molecular formula is C13H15BrClN3O2. The van der Waals surface area contributed by atoms with Gasteiger partial charge in [-0.25, -0.2) is 0 Å². The van der Waals surface area contributed by atoms with E-state index in [9.17, 15) is 4.79 Å². The third kappa shape index (κ3) is 2.76. The van der Waals surface area contributed by atoms with E-state index in [2.05, 4.69) is 26.4 Å². The lowest BCUT2D eigenvalue weighted by atomic mass is 9.83. The molecule has 108 valence electrons. The highest BCUT2D eigenvalue weighted by atomic mass is 79.9. The van der Waals surface area contributed by atoms with Crippen molar-refractivity contribution in [3.63, 3.8) is 0 Å². The maximum Gasteiger partial charge on any atom is 0.238 e. The first-order valence-electron chi connectivity index (χ1n) is 6.24. The molecular weight excluding hydrogens is 346 g/mol. The predicted octanol–water partition coefficient (Wildman–Crippen LogP) is 3.35. The van der Waals surface area contributed by atoms with Gasteiger partial charge in [0.25, 0.3) is 0 Å². The lowest BCUT2D eigenvalue weighted by molar-refractivity contribution is -0.122. The Morgan fingerprint density at radius 1 is 1.45 bits per heavy atom. The molecule has 1 fully saturated rings. The first kappa shape index (κ1) is 15.1. The molecule has 1 aromatic rings. The number of anilines is 1. The molecule has 2 rings (SSSR count). The fourth-order valence-corrected chi connectivity index (χ4v) is 3.03. The summed E-state index contributed by atoms with van der Waals surface area (Å²) in [6.07, 6.45) is 2.88. The number of benzene rings is 1. The Labute approximate surface area is 130 Å². The molecule has 0 radical (unpaired) electrons. The first-order chi connectivity index (χ1) is 9.49. The summed E-state index contributed by atoms with van der Waals surface area (Å²) in [5, 5.41) is 15.2. The van der Waals surface area contributed by atoms with Crippen molar-refractivity contribution < 1.29 is 10.0 Å². The van der Waals surface area contributed by atoms with Crippen LogP contribution >= 0.6 is 27.5 Å². The van der Waals surface area contributed by atoms with Crippen LogP contribution in [0.15, 0.2) is 27.8 Å². The van der Waals surface area contributed by atoms with E-state index in [-0.39, 0.29) is 11.7 Å². The minimum Gasteiger partial charge on any atom is -0.409 e. The summed E-state index contributed by atoms with van der Waals surface area (Å²) in [6.45, 7) is 0. The molecule has 0 saturated heterocycles. The number of hydrogen-bond donors (Lipinski definition) is 3. The Kier molecular flexibility index (Phi) is 4.55. The molecule has 1 aliphatic carbocycles. The van der Waals surface area contributed by atoms with Crippen molar-refractivity contribution in [3.05, 3.63) is 27.7 Å².